The number of esters is 1. The summed E-state index contributed by atoms with van der Waals surface area (Å²) in [5.74, 6) is 0.525. The fraction of sp³-hybridized carbons (Fsp3) is 0.158. The molecule has 1 heterocycles. The van der Waals surface area contributed by atoms with E-state index < -0.39 is 5.97 Å². The van der Waals surface area contributed by atoms with Gasteiger partial charge in [0.2, 0.25) is 5.91 Å². The van der Waals surface area contributed by atoms with E-state index >= 15 is 0 Å². The van der Waals surface area contributed by atoms with E-state index in [2.05, 4.69) is 15.5 Å². The molecule has 2 aromatic rings. The second-order valence-corrected chi connectivity index (χ2v) is 6.57. The smallest absolute Gasteiger partial charge is 0.343 e. The van der Waals surface area contributed by atoms with Gasteiger partial charge in [0.1, 0.15) is 0 Å². The minimum atomic E-state index is -0.451. The van der Waals surface area contributed by atoms with Crippen LogP contribution in [0.5, 0.6) is 11.5 Å². The molecule has 0 spiro atoms. The maximum atomic E-state index is 12.4. The van der Waals surface area contributed by atoms with Crippen LogP contribution in [0, 0.1) is 6.92 Å². The highest BCUT2D eigenvalue weighted by Crippen LogP contribution is 2.28. The van der Waals surface area contributed by atoms with Crippen molar-refractivity contribution in [2.75, 3.05) is 12.9 Å². The van der Waals surface area contributed by atoms with Gasteiger partial charge >= 0.3 is 5.97 Å². The highest BCUT2D eigenvalue weighted by molar-refractivity contribution is 8.15. The number of hydrogen-bond donors (Lipinski definition) is 1. The van der Waals surface area contributed by atoms with Crippen molar-refractivity contribution in [3.8, 4) is 11.5 Å². The third-order valence-corrected chi connectivity index (χ3v) is 4.56. The molecule has 1 aliphatic rings. The lowest BCUT2D eigenvalue weighted by atomic mass is 10.1. The summed E-state index contributed by atoms with van der Waals surface area (Å²) in [5.41, 5.74) is 2.04. The normalized spacial score (nSPS) is 15.2. The van der Waals surface area contributed by atoms with Crippen LogP contribution >= 0.6 is 11.8 Å². The van der Waals surface area contributed by atoms with Crippen LogP contribution in [0.1, 0.15) is 21.5 Å². The fourth-order valence-corrected chi connectivity index (χ4v) is 2.96. The molecule has 1 aliphatic heterocycles. The molecule has 1 fully saturated rings. The first kappa shape index (κ1) is 18.7. The molecule has 0 aromatic heterocycles. The number of amides is 1. The van der Waals surface area contributed by atoms with Gasteiger partial charge in [-0.3, -0.25) is 4.79 Å². The lowest BCUT2D eigenvalue weighted by Gasteiger charge is -2.10. The SMILES string of the molecule is COc1cc(/C=N/N=C2NC(=O)CS2)ccc1OC(=O)c1ccccc1C. The number of methoxy groups -OCH3 is 1. The molecule has 138 valence electrons. The van der Waals surface area contributed by atoms with Crippen LogP contribution in [0.15, 0.2) is 52.7 Å². The number of hydrogen-bond acceptors (Lipinski definition) is 7. The van der Waals surface area contributed by atoms with E-state index in [-0.39, 0.29) is 5.91 Å². The lowest BCUT2D eigenvalue weighted by molar-refractivity contribution is -0.116. The summed E-state index contributed by atoms with van der Waals surface area (Å²) in [6.07, 6.45) is 1.52. The van der Waals surface area contributed by atoms with E-state index in [0.29, 0.717) is 33.5 Å². The Morgan fingerprint density at radius 3 is 2.74 bits per heavy atom. The Kier molecular flexibility index (Phi) is 5.87. The zero-order chi connectivity index (χ0) is 19.2. The molecule has 1 N–H and O–H groups in total. The summed E-state index contributed by atoms with van der Waals surface area (Å²) in [6.45, 7) is 1.85. The van der Waals surface area contributed by atoms with Crippen LogP contribution in [0.2, 0.25) is 0 Å². The molecule has 3 rings (SSSR count). The Morgan fingerprint density at radius 1 is 1.22 bits per heavy atom. The largest absolute Gasteiger partial charge is 0.493 e. The number of carbonyl (C=O) groups is 2. The first-order valence-corrected chi connectivity index (χ1v) is 9.05. The van der Waals surface area contributed by atoms with E-state index in [1.165, 1.54) is 25.1 Å². The maximum absolute atomic E-state index is 12.4. The minimum absolute atomic E-state index is 0.0876. The second kappa shape index (κ2) is 8.50. The summed E-state index contributed by atoms with van der Waals surface area (Å²) >= 11 is 1.29. The predicted molar refractivity (Wildman–Crippen MR) is 105 cm³/mol. The average Bonchev–Trinajstić information content (AvgIpc) is 3.08. The van der Waals surface area contributed by atoms with Crippen molar-refractivity contribution >= 4 is 35.0 Å². The number of carbonyl (C=O) groups excluding carboxylic acids is 2. The molecule has 7 nitrogen and oxygen atoms in total. The number of aryl methyl sites for hydroxylation is 1. The van der Waals surface area contributed by atoms with Crippen LogP contribution in [0.25, 0.3) is 0 Å². The fourth-order valence-electron chi connectivity index (χ4n) is 2.33. The number of amidine groups is 1. The van der Waals surface area contributed by atoms with Crippen molar-refractivity contribution in [1.29, 1.82) is 0 Å². The monoisotopic (exact) mass is 383 g/mol. The Labute approximate surface area is 160 Å². The van der Waals surface area contributed by atoms with Crippen LogP contribution < -0.4 is 14.8 Å². The number of rotatable bonds is 5. The maximum Gasteiger partial charge on any atom is 0.343 e. The highest BCUT2D eigenvalue weighted by atomic mass is 32.2. The Morgan fingerprint density at radius 2 is 2.04 bits per heavy atom. The van der Waals surface area contributed by atoms with Gasteiger partial charge in [-0.1, -0.05) is 30.0 Å². The van der Waals surface area contributed by atoms with Crippen LogP contribution in [-0.2, 0) is 4.79 Å². The topological polar surface area (TPSA) is 89.3 Å². The first-order valence-electron chi connectivity index (χ1n) is 8.06. The molecule has 27 heavy (non-hydrogen) atoms. The molecule has 0 atom stereocenters. The van der Waals surface area contributed by atoms with Gasteiger partial charge in [-0.05, 0) is 42.3 Å². The van der Waals surface area contributed by atoms with Gasteiger partial charge in [0.25, 0.3) is 0 Å². The lowest BCUT2D eigenvalue weighted by Crippen LogP contribution is -2.19. The molecule has 0 aliphatic carbocycles. The molecule has 1 amide bonds. The first-order chi connectivity index (χ1) is 13.1. The second-order valence-electron chi connectivity index (χ2n) is 5.60. The zero-order valence-corrected chi connectivity index (χ0v) is 15.6. The van der Waals surface area contributed by atoms with Crippen LogP contribution in [-0.4, -0.2) is 36.1 Å². The van der Waals surface area contributed by atoms with Crippen LogP contribution in [0.3, 0.4) is 0 Å². The van der Waals surface area contributed by atoms with Gasteiger partial charge in [-0.2, -0.15) is 5.10 Å². The third kappa shape index (κ3) is 4.73. The molecule has 1 saturated heterocycles. The number of nitrogens with zero attached hydrogens (tertiary/aromatic N) is 2. The van der Waals surface area contributed by atoms with Crippen molar-refractivity contribution < 1.29 is 19.1 Å². The Balaban J connectivity index is 1.73. The number of ether oxygens (including phenoxy) is 2. The summed E-state index contributed by atoms with van der Waals surface area (Å²) < 4.78 is 10.8. The van der Waals surface area contributed by atoms with E-state index in [4.69, 9.17) is 9.47 Å². The molecule has 0 radical (unpaired) electrons. The average molecular weight is 383 g/mol. The summed E-state index contributed by atoms with van der Waals surface area (Å²) in [5, 5.41) is 10.9. The van der Waals surface area contributed by atoms with Crippen LogP contribution in [0.4, 0.5) is 0 Å². The van der Waals surface area contributed by atoms with E-state index in [1.54, 1.807) is 30.3 Å². The molecular formula is C19H17N3O4S. The van der Waals surface area contributed by atoms with E-state index in [0.717, 1.165) is 5.56 Å². The molecule has 0 bridgehead atoms. The number of benzene rings is 2. The van der Waals surface area contributed by atoms with Crippen molar-refractivity contribution in [1.82, 2.24) is 5.32 Å². The number of thioether (sulfide) groups is 1. The summed E-state index contributed by atoms with van der Waals surface area (Å²) in [7, 11) is 1.49. The quantitative estimate of drug-likeness (QED) is 0.371. The molecule has 8 heteroatoms. The van der Waals surface area contributed by atoms with Gasteiger partial charge in [0.05, 0.1) is 24.6 Å². The standard InChI is InChI=1S/C19H17N3O4S/c1-12-5-3-4-6-14(12)18(24)26-15-8-7-13(9-16(15)25-2)10-20-22-19-21-17(23)11-27-19/h3-10H,11H2,1-2H3,(H,21,22,23)/b20-10+. The Bertz CT molecular complexity index is 940. The van der Waals surface area contributed by atoms with Gasteiger partial charge in [0, 0.05) is 0 Å². The molecule has 0 saturated carbocycles. The van der Waals surface area contributed by atoms with Crippen molar-refractivity contribution in [2.45, 2.75) is 6.92 Å². The number of nitrogens with one attached hydrogen (secondary N) is 1. The van der Waals surface area contributed by atoms with E-state index in [9.17, 15) is 9.59 Å². The minimum Gasteiger partial charge on any atom is -0.493 e. The molecular weight excluding hydrogens is 366 g/mol. The highest BCUT2D eigenvalue weighted by Gasteiger charge is 2.16. The van der Waals surface area contributed by atoms with Gasteiger partial charge < -0.3 is 14.8 Å². The third-order valence-electron chi connectivity index (χ3n) is 3.70. The van der Waals surface area contributed by atoms with Gasteiger partial charge in [-0.25, -0.2) is 4.79 Å². The van der Waals surface area contributed by atoms with E-state index in [1.807, 2.05) is 19.1 Å². The van der Waals surface area contributed by atoms with Crippen molar-refractivity contribution in [3.63, 3.8) is 0 Å². The van der Waals surface area contributed by atoms with Gasteiger partial charge in [-0.15, -0.1) is 5.10 Å². The molecule has 0 unspecified atom stereocenters. The van der Waals surface area contributed by atoms with Gasteiger partial charge in [0.15, 0.2) is 16.7 Å². The summed E-state index contributed by atoms with van der Waals surface area (Å²) in [6, 6.07) is 12.3. The predicted octanol–water partition coefficient (Wildman–Crippen LogP) is 2.78. The molecule has 2 aromatic carbocycles. The van der Waals surface area contributed by atoms with Crippen molar-refractivity contribution in [2.24, 2.45) is 10.2 Å². The zero-order valence-electron chi connectivity index (χ0n) is 14.8. The Hall–Kier alpha value is -3.13. The summed E-state index contributed by atoms with van der Waals surface area (Å²) in [4.78, 5) is 23.5. The van der Waals surface area contributed by atoms with Crippen molar-refractivity contribution in [3.05, 3.63) is 59.2 Å².